The summed E-state index contributed by atoms with van der Waals surface area (Å²) in [6.07, 6.45) is 1.78. The number of hydrogen-bond donors (Lipinski definition) is 1. The molecule has 1 aliphatic rings. The Kier molecular flexibility index (Phi) is 4.05. The maximum atomic E-state index is 6.10. The molecule has 3 nitrogen and oxygen atoms in total. The van der Waals surface area contributed by atoms with E-state index < -0.39 is 0 Å². The van der Waals surface area contributed by atoms with Crippen molar-refractivity contribution >= 4 is 34.3 Å². The third kappa shape index (κ3) is 2.73. The molecule has 0 saturated heterocycles. The highest BCUT2D eigenvalue weighted by molar-refractivity contribution is 7.10. The van der Waals surface area contributed by atoms with Gasteiger partial charge in [-0.05, 0) is 42.6 Å². The van der Waals surface area contributed by atoms with E-state index in [1.165, 1.54) is 4.88 Å². The fourth-order valence-corrected chi connectivity index (χ4v) is 3.45. The third-order valence-corrected chi connectivity index (χ3v) is 4.56. The highest BCUT2D eigenvalue weighted by Crippen LogP contribution is 2.38. The average molecular weight is 306 g/mol. The van der Waals surface area contributed by atoms with E-state index in [0.29, 0.717) is 6.54 Å². The van der Waals surface area contributed by atoms with Gasteiger partial charge in [-0.2, -0.15) is 5.10 Å². The molecule has 2 aromatic rings. The molecule has 0 saturated carbocycles. The number of nitrogens with zero attached hydrogens (tertiary/aromatic N) is 2. The van der Waals surface area contributed by atoms with Gasteiger partial charge in [-0.15, -0.1) is 11.3 Å². The van der Waals surface area contributed by atoms with Gasteiger partial charge in [0, 0.05) is 22.0 Å². The molecule has 1 aliphatic heterocycles. The van der Waals surface area contributed by atoms with Crippen LogP contribution in [0.4, 0.5) is 5.69 Å². The molecule has 20 heavy (non-hydrogen) atoms. The quantitative estimate of drug-likeness (QED) is 0.925. The minimum atomic E-state index is 0.259. The van der Waals surface area contributed by atoms with Gasteiger partial charge >= 0.3 is 0 Å². The van der Waals surface area contributed by atoms with Crippen molar-refractivity contribution in [2.24, 2.45) is 10.8 Å². The number of halogens is 1. The molecule has 0 aliphatic carbocycles. The van der Waals surface area contributed by atoms with Gasteiger partial charge in [-0.3, -0.25) is 5.01 Å². The van der Waals surface area contributed by atoms with Crippen molar-refractivity contribution in [3.63, 3.8) is 0 Å². The van der Waals surface area contributed by atoms with Crippen molar-refractivity contribution in [2.45, 2.75) is 18.9 Å². The van der Waals surface area contributed by atoms with Crippen molar-refractivity contribution < 1.29 is 0 Å². The fourth-order valence-electron chi connectivity index (χ4n) is 2.45. The van der Waals surface area contributed by atoms with Crippen molar-refractivity contribution in [3.05, 3.63) is 51.7 Å². The summed E-state index contributed by atoms with van der Waals surface area (Å²) in [6, 6.07) is 12.3. The van der Waals surface area contributed by atoms with Crippen LogP contribution in [-0.4, -0.2) is 12.3 Å². The molecule has 0 fully saturated rings. The first-order valence-electron chi connectivity index (χ1n) is 6.62. The molecule has 1 atom stereocenters. The molecule has 1 aromatic heterocycles. The monoisotopic (exact) mass is 305 g/mol. The van der Waals surface area contributed by atoms with Crippen LogP contribution >= 0.6 is 22.9 Å². The van der Waals surface area contributed by atoms with Crippen LogP contribution in [0.3, 0.4) is 0 Å². The summed E-state index contributed by atoms with van der Waals surface area (Å²) in [5.41, 5.74) is 7.85. The number of hydrazone groups is 1. The molecule has 104 valence electrons. The lowest BCUT2D eigenvalue weighted by Gasteiger charge is -2.22. The van der Waals surface area contributed by atoms with Gasteiger partial charge in [0.05, 0.1) is 11.7 Å². The van der Waals surface area contributed by atoms with Gasteiger partial charge in [0.25, 0.3) is 0 Å². The van der Waals surface area contributed by atoms with E-state index in [4.69, 9.17) is 22.4 Å². The normalized spacial score (nSPS) is 18.4. The molecular weight excluding hydrogens is 290 g/mol. The number of anilines is 1. The summed E-state index contributed by atoms with van der Waals surface area (Å²) in [5, 5.41) is 9.65. The molecule has 0 radical (unpaired) electrons. The second kappa shape index (κ2) is 5.95. The van der Waals surface area contributed by atoms with Gasteiger partial charge < -0.3 is 5.73 Å². The predicted molar refractivity (Wildman–Crippen MR) is 86.7 cm³/mol. The van der Waals surface area contributed by atoms with Crippen molar-refractivity contribution in [3.8, 4) is 0 Å². The lowest BCUT2D eigenvalue weighted by molar-refractivity contribution is 0.721. The van der Waals surface area contributed by atoms with Crippen LogP contribution in [0.1, 0.15) is 23.8 Å². The molecule has 0 spiro atoms. The second-order valence-corrected chi connectivity index (χ2v) is 6.18. The highest BCUT2D eigenvalue weighted by atomic mass is 35.5. The van der Waals surface area contributed by atoms with Crippen LogP contribution in [0.5, 0.6) is 0 Å². The zero-order valence-corrected chi connectivity index (χ0v) is 12.6. The largest absolute Gasteiger partial charge is 0.330 e. The van der Waals surface area contributed by atoms with Gasteiger partial charge in [0.1, 0.15) is 0 Å². The Hall–Kier alpha value is -1.36. The molecule has 5 heteroatoms. The molecule has 3 rings (SSSR count). The number of nitrogens with two attached hydrogens (primary N) is 1. The van der Waals surface area contributed by atoms with Crippen LogP contribution in [0.25, 0.3) is 0 Å². The minimum Gasteiger partial charge on any atom is -0.330 e. The van der Waals surface area contributed by atoms with Gasteiger partial charge in [-0.1, -0.05) is 23.7 Å². The van der Waals surface area contributed by atoms with E-state index in [-0.39, 0.29) is 6.04 Å². The minimum absolute atomic E-state index is 0.259. The summed E-state index contributed by atoms with van der Waals surface area (Å²) in [4.78, 5) is 1.32. The number of benzene rings is 1. The Bertz CT molecular complexity index is 609. The predicted octanol–water partition coefficient (Wildman–Crippen LogP) is 4.06. The highest BCUT2D eigenvalue weighted by Gasteiger charge is 2.29. The molecule has 1 aromatic carbocycles. The first-order chi connectivity index (χ1) is 9.78. The Morgan fingerprint density at radius 1 is 1.35 bits per heavy atom. The lowest BCUT2D eigenvalue weighted by atomic mass is 10.1. The SMILES string of the molecule is NCCC1=NN(c2cccc(Cl)c2)C(c2cccs2)C1. The van der Waals surface area contributed by atoms with Crippen LogP contribution in [0.2, 0.25) is 5.02 Å². The Labute approximate surface area is 127 Å². The third-order valence-electron chi connectivity index (χ3n) is 3.35. The molecule has 0 bridgehead atoms. The van der Waals surface area contributed by atoms with Gasteiger partial charge in [-0.25, -0.2) is 0 Å². The maximum Gasteiger partial charge on any atom is 0.0920 e. The van der Waals surface area contributed by atoms with Crippen molar-refractivity contribution in [1.29, 1.82) is 0 Å². The Morgan fingerprint density at radius 2 is 2.25 bits per heavy atom. The Balaban J connectivity index is 1.95. The molecule has 1 unspecified atom stereocenters. The van der Waals surface area contributed by atoms with Gasteiger partial charge in [0.2, 0.25) is 0 Å². The van der Waals surface area contributed by atoms with E-state index in [0.717, 1.165) is 29.3 Å². The van der Waals surface area contributed by atoms with Crippen molar-refractivity contribution in [2.75, 3.05) is 11.6 Å². The zero-order valence-electron chi connectivity index (χ0n) is 11.0. The van der Waals surface area contributed by atoms with E-state index in [9.17, 15) is 0 Å². The summed E-state index contributed by atoms with van der Waals surface area (Å²) >= 11 is 7.86. The van der Waals surface area contributed by atoms with E-state index in [2.05, 4.69) is 22.5 Å². The standard InChI is InChI=1S/C15H16ClN3S/c16-11-3-1-4-13(9-11)19-14(15-5-2-8-20-15)10-12(18-19)6-7-17/h1-5,8-9,14H,6-7,10,17H2. The van der Waals surface area contributed by atoms with E-state index in [1.54, 1.807) is 11.3 Å². The number of thiophene rings is 1. The average Bonchev–Trinajstić information content (AvgIpc) is 3.07. The van der Waals surface area contributed by atoms with E-state index in [1.807, 2.05) is 24.3 Å². The van der Waals surface area contributed by atoms with Crippen molar-refractivity contribution in [1.82, 2.24) is 0 Å². The summed E-state index contributed by atoms with van der Waals surface area (Å²) in [7, 11) is 0. The van der Waals surface area contributed by atoms with Crippen LogP contribution in [-0.2, 0) is 0 Å². The zero-order chi connectivity index (χ0) is 13.9. The smallest absolute Gasteiger partial charge is 0.0920 e. The Morgan fingerprint density at radius 3 is 2.95 bits per heavy atom. The molecule has 2 N–H and O–H groups in total. The summed E-state index contributed by atoms with van der Waals surface area (Å²) in [6.45, 7) is 0.638. The molecular formula is C15H16ClN3S. The molecule has 2 heterocycles. The topological polar surface area (TPSA) is 41.6 Å². The molecule has 0 amide bonds. The number of rotatable bonds is 4. The maximum absolute atomic E-state index is 6.10. The van der Waals surface area contributed by atoms with Gasteiger partial charge in [0.15, 0.2) is 0 Å². The first kappa shape index (κ1) is 13.6. The fraction of sp³-hybridized carbons (Fsp3) is 0.267. The van der Waals surface area contributed by atoms with Crippen LogP contribution in [0.15, 0.2) is 46.9 Å². The van der Waals surface area contributed by atoms with E-state index >= 15 is 0 Å². The second-order valence-electron chi connectivity index (χ2n) is 4.76. The first-order valence-corrected chi connectivity index (χ1v) is 7.88. The summed E-state index contributed by atoms with van der Waals surface area (Å²) in [5.74, 6) is 0. The van der Waals surface area contributed by atoms with Crippen LogP contribution in [0, 0.1) is 0 Å². The number of hydrogen-bond acceptors (Lipinski definition) is 4. The van der Waals surface area contributed by atoms with Crippen LogP contribution < -0.4 is 10.7 Å². The summed E-state index contributed by atoms with van der Waals surface area (Å²) < 4.78 is 0. The lowest BCUT2D eigenvalue weighted by Crippen LogP contribution is -2.17.